The Labute approximate surface area is 89.7 Å². The van der Waals surface area contributed by atoms with Crippen LogP contribution in [0.3, 0.4) is 0 Å². The lowest BCUT2D eigenvalue weighted by Gasteiger charge is -2.14. The molecule has 84 valence electrons. The molecule has 0 bridgehead atoms. The lowest BCUT2D eigenvalue weighted by atomic mass is 10.0. The first-order valence-electron chi connectivity index (χ1n) is 5.11. The van der Waals surface area contributed by atoms with Gasteiger partial charge in [0.1, 0.15) is 6.10 Å². The van der Waals surface area contributed by atoms with Gasteiger partial charge in [-0.15, -0.1) is 0 Å². The number of rotatable bonds is 4. The molecular formula is C12H17FO2. The van der Waals surface area contributed by atoms with Gasteiger partial charge >= 0.3 is 0 Å². The molecule has 0 saturated carbocycles. The van der Waals surface area contributed by atoms with Crippen molar-refractivity contribution >= 4 is 0 Å². The number of hydrogen-bond acceptors (Lipinski definition) is 2. The Morgan fingerprint density at radius 3 is 2.47 bits per heavy atom. The Morgan fingerprint density at radius 2 is 2.00 bits per heavy atom. The van der Waals surface area contributed by atoms with Crippen molar-refractivity contribution in [3.05, 3.63) is 29.6 Å². The Hall–Kier alpha value is -1.09. The van der Waals surface area contributed by atoms with Crippen molar-refractivity contribution in [1.29, 1.82) is 0 Å². The molecule has 0 fully saturated rings. The van der Waals surface area contributed by atoms with E-state index in [9.17, 15) is 4.39 Å². The lowest BCUT2D eigenvalue weighted by molar-refractivity contribution is 0.125. The minimum Gasteiger partial charge on any atom is -0.485 e. The normalized spacial score (nSPS) is 12.9. The van der Waals surface area contributed by atoms with Crippen molar-refractivity contribution in [2.45, 2.75) is 32.8 Å². The van der Waals surface area contributed by atoms with E-state index >= 15 is 0 Å². The van der Waals surface area contributed by atoms with Gasteiger partial charge < -0.3 is 9.84 Å². The zero-order chi connectivity index (χ0) is 11.4. The maximum atomic E-state index is 13.5. The molecule has 0 spiro atoms. The standard InChI is InChI=1S/C12H17FO2/c1-8(2)10-4-5-12(11(13)6-10)15-9(3)7-14/h4-6,8-9,14H,7H2,1-3H3/t9-/m0/s1. The largest absolute Gasteiger partial charge is 0.485 e. The Balaban J connectivity index is 2.83. The third kappa shape index (κ3) is 3.20. The summed E-state index contributed by atoms with van der Waals surface area (Å²) in [5.41, 5.74) is 0.941. The summed E-state index contributed by atoms with van der Waals surface area (Å²) in [7, 11) is 0. The van der Waals surface area contributed by atoms with Crippen molar-refractivity contribution < 1.29 is 14.2 Å². The van der Waals surface area contributed by atoms with Gasteiger partial charge in [-0.25, -0.2) is 4.39 Å². The first-order chi connectivity index (χ1) is 7.04. The molecule has 1 aromatic carbocycles. The number of ether oxygens (including phenoxy) is 1. The van der Waals surface area contributed by atoms with E-state index < -0.39 is 0 Å². The van der Waals surface area contributed by atoms with Crippen LogP contribution in [0.15, 0.2) is 18.2 Å². The predicted octanol–water partition coefficient (Wildman–Crippen LogP) is 2.71. The maximum absolute atomic E-state index is 13.5. The zero-order valence-corrected chi connectivity index (χ0v) is 9.33. The van der Waals surface area contributed by atoms with Crippen molar-refractivity contribution in [2.75, 3.05) is 6.61 Å². The molecule has 0 aliphatic heterocycles. The van der Waals surface area contributed by atoms with Gasteiger partial charge in [0.2, 0.25) is 0 Å². The van der Waals surface area contributed by atoms with Gasteiger partial charge in [-0.1, -0.05) is 19.9 Å². The van der Waals surface area contributed by atoms with Crippen LogP contribution < -0.4 is 4.74 Å². The van der Waals surface area contributed by atoms with Gasteiger partial charge in [-0.2, -0.15) is 0 Å². The third-order valence-corrected chi connectivity index (χ3v) is 2.21. The molecule has 0 saturated heterocycles. The lowest BCUT2D eigenvalue weighted by Crippen LogP contribution is -2.16. The smallest absolute Gasteiger partial charge is 0.165 e. The second kappa shape index (κ2) is 5.12. The summed E-state index contributed by atoms with van der Waals surface area (Å²) in [6, 6.07) is 4.92. The molecule has 0 unspecified atom stereocenters. The van der Waals surface area contributed by atoms with E-state index in [0.29, 0.717) is 5.92 Å². The quantitative estimate of drug-likeness (QED) is 0.831. The Bertz CT molecular complexity index is 323. The highest BCUT2D eigenvalue weighted by atomic mass is 19.1. The minimum atomic E-state index is -0.385. The SMILES string of the molecule is CC(C)c1ccc(O[C@@H](C)CO)c(F)c1. The number of aliphatic hydroxyl groups excluding tert-OH is 1. The van der Waals surface area contributed by atoms with Crippen LogP contribution in [0.25, 0.3) is 0 Å². The zero-order valence-electron chi connectivity index (χ0n) is 9.33. The molecule has 1 rings (SSSR count). The van der Waals surface area contributed by atoms with Crippen LogP contribution in [-0.2, 0) is 0 Å². The fraction of sp³-hybridized carbons (Fsp3) is 0.500. The molecule has 1 N–H and O–H groups in total. The van der Waals surface area contributed by atoms with Crippen molar-refractivity contribution in [3.63, 3.8) is 0 Å². The van der Waals surface area contributed by atoms with E-state index in [0.717, 1.165) is 5.56 Å². The van der Waals surface area contributed by atoms with Crippen LogP contribution in [0.5, 0.6) is 5.75 Å². The van der Waals surface area contributed by atoms with E-state index in [-0.39, 0.29) is 24.3 Å². The van der Waals surface area contributed by atoms with E-state index in [1.54, 1.807) is 13.0 Å². The van der Waals surface area contributed by atoms with E-state index in [1.165, 1.54) is 6.07 Å². The Kier molecular flexibility index (Phi) is 4.09. The van der Waals surface area contributed by atoms with Crippen LogP contribution in [0, 0.1) is 5.82 Å². The average molecular weight is 212 g/mol. The van der Waals surface area contributed by atoms with Crippen LogP contribution in [0.2, 0.25) is 0 Å². The van der Waals surface area contributed by atoms with Gasteiger partial charge in [0, 0.05) is 0 Å². The molecule has 0 amide bonds. The molecule has 0 aliphatic carbocycles. The number of hydrogen-bond donors (Lipinski definition) is 1. The summed E-state index contributed by atoms with van der Waals surface area (Å²) in [5.74, 6) is 0.117. The third-order valence-electron chi connectivity index (χ3n) is 2.21. The van der Waals surface area contributed by atoms with E-state index in [2.05, 4.69) is 0 Å². The van der Waals surface area contributed by atoms with Gasteiger partial charge in [-0.05, 0) is 30.5 Å². The van der Waals surface area contributed by atoms with Crippen molar-refractivity contribution in [1.82, 2.24) is 0 Å². The van der Waals surface area contributed by atoms with Crippen LogP contribution in [-0.4, -0.2) is 17.8 Å². The molecular weight excluding hydrogens is 195 g/mol. The minimum absolute atomic E-state index is 0.120. The maximum Gasteiger partial charge on any atom is 0.165 e. The van der Waals surface area contributed by atoms with Crippen LogP contribution >= 0.6 is 0 Å². The van der Waals surface area contributed by atoms with Gasteiger partial charge in [0.05, 0.1) is 6.61 Å². The monoisotopic (exact) mass is 212 g/mol. The molecule has 3 heteroatoms. The fourth-order valence-corrected chi connectivity index (χ4v) is 1.23. The highest BCUT2D eigenvalue weighted by Crippen LogP contribution is 2.23. The molecule has 1 atom stereocenters. The van der Waals surface area contributed by atoms with Crippen molar-refractivity contribution in [2.24, 2.45) is 0 Å². The average Bonchev–Trinajstić information content (AvgIpc) is 2.20. The summed E-state index contributed by atoms with van der Waals surface area (Å²) >= 11 is 0. The highest BCUT2D eigenvalue weighted by Gasteiger charge is 2.09. The fourth-order valence-electron chi connectivity index (χ4n) is 1.23. The molecule has 15 heavy (non-hydrogen) atoms. The molecule has 0 aromatic heterocycles. The summed E-state index contributed by atoms with van der Waals surface area (Å²) in [6.45, 7) is 5.58. The van der Waals surface area contributed by atoms with Crippen molar-refractivity contribution in [3.8, 4) is 5.75 Å². The number of halogens is 1. The van der Waals surface area contributed by atoms with Crippen LogP contribution in [0.1, 0.15) is 32.3 Å². The first-order valence-corrected chi connectivity index (χ1v) is 5.11. The molecule has 0 aliphatic rings. The molecule has 2 nitrogen and oxygen atoms in total. The van der Waals surface area contributed by atoms with E-state index in [1.807, 2.05) is 19.9 Å². The number of aliphatic hydroxyl groups is 1. The summed E-state index contributed by atoms with van der Waals surface area (Å²) < 4.78 is 18.7. The molecule has 0 heterocycles. The van der Waals surface area contributed by atoms with E-state index in [4.69, 9.17) is 9.84 Å². The number of benzene rings is 1. The summed E-state index contributed by atoms with van der Waals surface area (Å²) in [5, 5.41) is 8.78. The Morgan fingerprint density at radius 1 is 1.33 bits per heavy atom. The molecule has 0 radical (unpaired) electrons. The first kappa shape index (κ1) is 12.0. The summed E-state index contributed by atoms with van der Waals surface area (Å²) in [4.78, 5) is 0. The highest BCUT2D eigenvalue weighted by molar-refractivity contribution is 5.31. The van der Waals surface area contributed by atoms with Crippen LogP contribution in [0.4, 0.5) is 4.39 Å². The van der Waals surface area contributed by atoms with Gasteiger partial charge in [-0.3, -0.25) is 0 Å². The summed E-state index contributed by atoms with van der Waals surface area (Å²) in [6.07, 6.45) is -0.385. The second-order valence-corrected chi connectivity index (χ2v) is 3.96. The predicted molar refractivity (Wildman–Crippen MR) is 57.7 cm³/mol. The van der Waals surface area contributed by atoms with Gasteiger partial charge in [0.15, 0.2) is 11.6 Å². The topological polar surface area (TPSA) is 29.5 Å². The second-order valence-electron chi connectivity index (χ2n) is 3.96. The molecule has 1 aromatic rings. The van der Waals surface area contributed by atoms with Gasteiger partial charge in [0.25, 0.3) is 0 Å².